The molecule has 0 radical (unpaired) electrons. The van der Waals surface area contributed by atoms with Crippen LogP contribution < -0.4 is 5.32 Å². The fraction of sp³-hybridized carbons (Fsp3) is 0.190. The van der Waals surface area contributed by atoms with Gasteiger partial charge in [0.1, 0.15) is 23.3 Å². The van der Waals surface area contributed by atoms with Crippen molar-refractivity contribution in [1.82, 2.24) is 19.5 Å². The number of alkyl halides is 1. The van der Waals surface area contributed by atoms with Gasteiger partial charge >= 0.3 is 0 Å². The van der Waals surface area contributed by atoms with Gasteiger partial charge in [0.2, 0.25) is 11.7 Å². The molecule has 31 heavy (non-hydrogen) atoms. The number of rotatable bonds is 4. The number of nitrogens with one attached hydrogen (secondary N) is 1. The molecule has 0 aliphatic heterocycles. The molecule has 3 heterocycles. The monoisotopic (exact) mass is 420 g/mol. The van der Waals surface area contributed by atoms with Crippen LogP contribution >= 0.6 is 0 Å². The third-order valence-corrected chi connectivity index (χ3v) is 5.20. The third-order valence-electron chi connectivity index (χ3n) is 5.20. The van der Waals surface area contributed by atoms with Crippen molar-refractivity contribution in [2.75, 3.05) is 5.32 Å². The minimum Gasteiger partial charge on any atom is -0.339 e. The first kappa shape index (κ1) is 18.9. The zero-order valence-corrected chi connectivity index (χ0v) is 16.1. The highest BCUT2D eigenvalue weighted by atomic mass is 19.1. The van der Waals surface area contributed by atoms with Crippen LogP contribution in [0.15, 0.2) is 41.2 Å². The number of nitriles is 1. The molecule has 1 fully saturated rings. The smallest absolute Gasteiger partial charge is 0.274 e. The first-order valence-electron chi connectivity index (χ1n) is 9.41. The molecule has 1 saturated carbocycles. The number of imidazole rings is 1. The molecular weight excluding hydrogens is 406 g/mol. The predicted octanol–water partition coefficient (Wildman–Crippen LogP) is 3.78. The summed E-state index contributed by atoms with van der Waals surface area (Å²) in [5.74, 6) is -1.19. The Hall–Kier alpha value is -4.13. The zero-order chi connectivity index (χ0) is 21.7. The Morgan fingerprint density at radius 3 is 2.94 bits per heavy atom. The van der Waals surface area contributed by atoms with E-state index < -0.39 is 23.8 Å². The lowest BCUT2D eigenvalue weighted by molar-refractivity contribution is 0.102. The second-order valence-corrected chi connectivity index (χ2v) is 7.30. The maximum absolute atomic E-state index is 14.5. The summed E-state index contributed by atoms with van der Waals surface area (Å²) in [6.45, 7) is 1.53. The average Bonchev–Trinajstić information content (AvgIpc) is 3.17. The van der Waals surface area contributed by atoms with Crippen molar-refractivity contribution in [3.8, 4) is 17.5 Å². The normalized spacial score (nSPS) is 17.5. The standard InChI is InChI=1S/C21H14F2N6O2/c1-10-14(22)5-12(19-27-21(31-28-19)13-7-15(13)23)6-16(10)26-20(30)17-9-25-18-4-11(8-24)2-3-29(17)18/h2-6,9,13,15H,7H2,1H3,(H,26,30)/t13-,15-/m0/s1. The van der Waals surface area contributed by atoms with Crippen LogP contribution in [0.1, 0.15) is 39.8 Å². The summed E-state index contributed by atoms with van der Waals surface area (Å²) in [5, 5.41) is 15.5. The Bertz CT molecular complexity index is 1390. The van der Waals surface area contributed by atoms with Gasteiger partial charge in [-0.05, 0) is 37.6 Å². The molecule has 0 bridgehead atoms. The lowest BCUT2D eigenvalue weighted by Gasteiger charge is -2.10. The van der Waals surface area contributed by atoms with Crippen molar-refractivity contribution in [3.05, 3.63) is 65.2 Å². The molecule has 2 atom stereocenters. The Morgan fingerprint density at radius 2 is 2.19 bits per heavy atom. The molecule has 1 N–H and O–H groups in total. The molecule has 1 aliphatic rings. The van der Waals surface area contributed by atoms with Gasteiger partial charge in [0.25, 0.3) is 5.91 Å². The van der Waals surface area contributed by atoms with Crippen LogP contribution in [0.3, 0.4) is 0 Å². The number of benzene rings is 1. The topological polar surface area (TPSA) is 109 Å². The summed E-state index contributed by atoms with van der Waals surface area (Å²) in [6.07, 6.45) is 2.28. The highest BCUT2D eigenvalue weighted by Crippen LogP contribution is 2.43. The highest BCUT2D eigenvalue weighted by Gasteiger charge is 2.43. The van der Waals surface area contributed by atoms with Crippen molar-refractivity contribution in [1.29, 1.82) is 5.26 Å². The number of carbonyl (C=O) groups is 1. The maximum Gasteiger partial charge on any atom is 0.274 e. The molecule has 10 heteroatoms. The molecule has 154 valence electrons. The molecule has 3 aromatic heterocycles. The van der Waals surface area contributed by atoms with E-state index >= 15 is 0 Å². The van der Waals surface area contributed by atoms with Crippen molar-refractivity contribution in [2.45, 2.75) is 25.4 Å². The molecule has 1 aromatic carbocycles. The van der Waals surface area contributed by atoms with Crippen LogP contribution in [0.5, 0.6) is 0 Å². The highest BCUT2D eigenvalue weighted by molar-refractivity contribution is 6.04. The van der Waals surface area contributed by atoms with Crippen molar-refractivity contribution in [2.24, 2.45) is 0 Å². The van der Waals surface area contributed by atoms with E-state index in [4.69, 9.17) is 9.78 Å². The largest absolute Gasteiger partial charge is 0.339 e. The summed E-state index contributed by atoms with van der Waals surface area (Å²) >= 11 is 0. The van der Waals surface area contributed by atoms with E-state index in [-0.39, 0.29) is 28.7 Å². The number of nitrogens with zero attached hydrogens (tertiary/aromatic N) is 5. The summed E-state index contributed by atoms with van der Waals surface area (Å²) in [6, 6.07) is 7.89. The number of halogens is 2. The van der Waals surface area contributed by atoms with Crippen molar-refractivity contribution in [3.63, 3.8) is 0 Å². The number of carbonyl (C=O) groups excluding carboxylic acids is 1. The molecule has 0 saturated heterocycles. The first-order valence-corrected chi connectivity index (χ1v) is 9.41. The summed E-state index contributed by atoms with van der Waals surface area (Å²) < 4.78 is 34.4. The number of hydrogen-bond donors (Lipinski definition) is 1. The van der Waals surface area contributed by atoms with Gasteiger partial charge in [0.15, 0.2) is 0 Å². The van der Waals surface area contributed by atoms with Gasteiger partial charge in [-0.2, -0.15) is 10.2 Å². The third kappa shape index (κ3) is 3.30. The number of amides is 1. The molecule has 1 amide bonds. The van der Waals surface area contributed by atoms with E-state index in [0.29, 0.717) is 23.2 Å². The van der Waals surface area contributed by atoms with Gasteiger partial charge in [-0.3, -0.25) is 9.20 Å². The minimum atomic E-state index is -0.993. The fourth-order valence-corrected chi connectivity index (χ4v) is 3.26. The zero-order valence-electron chi connectivity index (χ0n) is 16.1. The van der Waals surface area contributed by atoms with Crippen molar-refractivity contribution >= 4 is 17.2 Å². The number of aromatic nitrogens is 4. The van der Waals surface area contributed by atoms with Gasteiger partial charge in [-0.15, -0.1) is 0 Å². The average molecular weight is 420 g/mol. The van der Waals surface area contributed by atoms with Gasteiger partial charge in [-0.25, -0.2) is 13.8 Å². The Balaban J connectivity index is 1.46. The van der Waals surface area contributed by atoms with Crippen LogP contribution in [0.2, 0.25) is 0 Å². The Morgan fingerprint density at radius 1 is 1.39 bits per heavy atom. The molecule has 4 aromatic rings. The lowest BCUT2D eigenvalue weighted by atomic mass is 10.1. The molecule has 5 rings (SSSR count). The maximum atomic E-state index is 14.5. The quantitative estimate of drug-likeness (QED) is 0.538. The van der Waals surface area contributed by atoms with Gasteiger partial charge in [0.05, 0.1) is 23.7 Å². The second kappa shape index (κ2) is 6.98. The number of fused-ring (bicyclic) bond motifs is 1. The predicted molar refractivity (Wildman–Crippen MR) is 105 cm³/mol. The number of anilines is 1. The SMILES string of the molecule is Cc1c(F)cc(-c2noc([C@H]3C[C@@H]3F)n2)cc1NC(=O)c1cnc2cc(C#N)ccn12. The van der Waals surface area contributed by atoms with E-state index in [9.17, 15) is 13.6 Å². The van der Waals surface area contributed by atoms with Crippen LogP contribution in [-0.2, 0) is 0 Å². The van der Waals surface area contributed by atoms with Crippen molar-refractivity contribution < 1.29 is 18.1 Å². The minimum absolute atomic E-state index is 0.113. The van der Waals surface area contributed by atoms with E-state index in [1.54, 1.807) is 18.3 Å². The summed E-state index contributed by atoms with van der Waals surface area (Å²) in [7, 11) is 0. The second-order valence-electron chi connectivity index (χ2n) is 7.30. The van der Waals surface area contributed by atoms with Crippen LogP contribution in [-0.4, -0.2) is 31.6 Å². The van der Waals surface area contributed by atoms with E-state index in [1.807, 2.05) is 6.07 Å². The lowest BCUT2D eigenvalue weighted by Crippen LogP contribution is -2.15. The number of pyridine rings is 1. The number of hydrogen-bond acceptors (Lipinski definition) is 6. The molecule has 0 unspecified atom stereocenters. The summed E-state index contributed by atoms with van der Waals surface area (Å²) in [4.78, 5) is 21.1. The molecule has 0 spiro atoms. The Labute approximate surface area is 174 Å². The van der Waals surface area contributed by atoms with Crippen LogP contribution in [0.4, 0.5) is 14.5 Å². The fourth-order valence-electron chi connectivity index (χ4n) is 3.26. The summed E-state index contributed by atoms with van der Waals surface area (Å²) in [5.41, 5.74) is 1.82. The first-order chi connectivity index (χ1) is 14.9. The molecule has 1 aliphatic carbocycles. The van der Waals surface area contributed by atoms with Gasteiger partial charge < -0.3 is 9.84 Å². The molecular formula is C21H14F2N6O2. The van der Waals surface area contributed by atoms with Crippen LogP contribution in [0.25, 0.3) is 17.0 Å². The van der Waals surface area contributed by atoms with E-state index in [0.717, 1.165) is 0 Å². The molecule has 8 nitrogen and oxygen atoms in total. The van der Waals surface area contributed by atoms with E-state index in [2.05, 4.69) is 20.4 Å². The van der Waals surface area contributed by atoms with Gasteiger partial charge in [-0.1, -0.05) is 5.16 Å². The Kier molecular flexibility index (Phi) is 4.25. The van der Waals surface area contributed by atoms with E-state index in [1.165, 1.54) is 29.7 Å². The van der Waals surface area contributed by atoms with Gasteiger partial charge in [0, 0.05) is 23.0 Å². The van der Waals surface area contributed by atoms with Crippen LogP contribution in [0, 0.1) is 24.1 Å².